The molecule has 0 aromatic heterocycles. The van der Waals surface area contributed by atoms with Crippen LogP contribution in [-0.4, -0.2) is 23.7 Å². The number of fused-ring (bicyclic) bond motifs is 1. The molecule has 0 radical (unpaired) electrons. The highest BCUT2D eigenvalue weighted by Gasteiger charge is 2.36. The monoisotopic (exact) mass is 451 g/mol. The van der Waals surface area contributed by atoms with Gasteiger partial charge >= 0.3 is 5.97 Å². The summed E-state index contributed by atoms with van der Waals surface area (Å²) in [6.45, 7) is 4.07. The Hall–Kier alpha value is -1.86. The molecule has 7 heteroatoms. The quantitative estimate of drug-likeness (QED) is 0.609. The summed E-state index contributed by atoms with van der Waals surface area (Å²) >= 11 is 4.62. The molecule has 0 saturated carbocycles. The highest BCUT2D eigenvalue weighted by Crippen LogP contribution is 2.43. The molecular weight excluding hydrogens is 433 g/mol. The standard InChI is InChI=1S/C20H19BrFNO3S/c1-3-26-18(24)10-17-20(25)23(11-13-7-8-14(21)9-15(13)22)16-6-4-5-12(2)19(16)27-17/h4-9,17H,3,10-11H2,1-2H3. The minimum Gasteiger partial charge on any atom is -0.466 e. The maximum Gasteiger partial charge on any atom is 0.307 e. The van der Waals surface area contributed by atoms with Crippen molar-refractivity contribution in [2.24, 2.45) is 0 Å². The Kier molecular flexibility index (Phi) is 6.22. The molecule has 142 valence electrons. The zero-order valence-electron chi connectivity index (χ0n) is 15.0. The van der Waals surface area contributed by atoms with Crippen LogP contribution in [0.2, 0.25) is 0 Å². The largest absolute Gasteiger partial charge is 0.466 e. The summed E-state index contributed by atoms with van der Waals surface area (Å²) in [7, 11) is 0. The molecule has 27 heavy (non-hydrogen) atoms. The van der Waals surface area contributed by atoms with Crippen molar-refractivity contribution < 1.29 is 18.7 Å². The van der Waals surface area contributed by atoms with Crippen molar-refractivity contribution in [3.8, 4) is 0 Å². The van der Waals surface area contributed by atoms with E-state index < -0.39 is 11.2 Å². The van der Waals surface area contributed by atoms with E-state index in [-0.39, 0.29) is 31.3 Å². The van der Waals surface area contributed by atoms with Crippen LogP contribution in [0.15, 0.2) is 45.8 Å². The van der Waals surface area contributed by atoms with Gasteiger partial charge in [-0.2, -0.15) is 0 Å². The first-order valence-corrected chi connectivity index (χ1v) is 10.2. The van der Waals surface area contributed by atoms with Crippen LogP contribution in [0, 0.1) is 12.7 Å². The number of carbonyl (C=O) groups excluding carboxylic acids is 2. The van der Waals surface area contributed by atoms with Gasteiger partial charge in [0, 0.05) is 14.9 Å². The number of carbonyl (C=O) groups is 2. The fourth-order valence-electron chi connectivity index (χ4n) is 2.97. The lowest BCUT2D eigenvalue weighted by molar-refractivity contribution is -0.144. The summed E-state index contributed by atoms with van der Waals surface area (Å²) in [5, 5.41) is -0.587. The second kappa shape index (κ2) is 8.44. The Morgan fingerprint density at radius 1 is 1.33 bits per heavy atom. The SMILES string of the molecule is CCOC(=O)CC1Sc2c(C)cccc2N(Cc2ccc(Br)cc2F)C1=O. The van der Waals surface area contributed by atoms with Crippen LogP contribution in [-0.2, 0) is 20.9 Å². The first-order valence-electron chi connectivity index (χ1n) is 8.58. The maximum atomic E-state index is 14.3. The van der Waals surface area contributed by atoms with Crippen molar-refractivity contribution in [2.75, 3.05) is 11.5 Å². The van der Waals surface area contributed by atoms with Gasteiger partial charge in [0.05, 0.1) is 30.5 Å². The maximum absolute atomic E-state index is 14.3. The average molecular weight is 452 g/mol. The number of halogens is 2. The van der Waals surface area contributed by atoms with Gasteiger partial charge in [0.15, 0.2) is 0 Å². The van der Waals surface area contributed by atoms with E-state index in [2.05, 4.69) is 15.9 Å². The Labute approximate surface area is 170 Å². The van der Waals surface area contributed by atoms with Crippen molar-refractivity contribution in [3.05, 3.63) is 57.8 Å². The first-order chi connectivity index (χ1) is 12.9. The Morgan fingerprint density at radius 3 is 2.81 bits per heavy atom. The summed E-state index contributed by atoms with van der Waals surface area (Å²) in [5.74, 6) is -1.00. The Morgan fingerprint density at radius 2 is 2.11 bits per heavy atom. The molecular formula is C20H19BrFNO3S. The predicted molar refractivity (Wildman–Crippen MR) is 107 cm³/mol. The fraction of sp³-hybridized carbons (Fsp3) is 0.300. The van der Waals surface area contributed by atoms with Crippen molar-refractivity contribution in [3.63, 3.8) is 0 Å². The summed E-state index contributed by atoms with van der Waals surface area (Å²) in [5.41, 5.74) is 2.17. The van der Waals surface area contributed by atoms with Gasteiger partial charge in [0.1, 0.15) is 5.82 Å². The second-order valence-electron chi connectivity index (χ2n) is 6.20. The number of hydrogen-bond donors (Lipinski definition) is 0. The minimum atomic E-state index is -0.587. The van der Waals surface area contributed by atoms with E-state index in [9.17, 15) is 14.0 Å². The van der Waals surface area contributed by atoms with Gasteiger partial charge < -0.3 is 9.64 Å². The average Bonchev–Trinajstić information content (AvgIpc) is 2.61. The Bertz CT molecular complexity index is 890. The van der Waals surface area contributed by atoms with E-state index in [0.717, 1.165) is 16.1 Å². The summed E-state index contributed by atoms with van der Waals surface area (Å²) < 4.78 is 20.0. The molecule has 1 heterocycles. The number of ether oxygens (including phenoxy) is 1. The highest BCUT2D eigenvalue weighted by atomic mass is 79.9. The Balaban J connectivity index is 1.96. The molecule has 4 nitrogen and oxygen atoms in total. The molecule has 1 unspecified atom stereocenters. The van der Waals surface area contributed by atoms with Gasteiger partial charge in [-0.3, -0.25) is 9.59 Å². The molecule has 0 saturated heterocycles. The molecule has 1 aliphatic heterocycles. The third-order valence-corrected chi connectivity index (χ3v) is 6.20. The predicted octanol–water partition coefficient (Wildman–Crippen LogP) is 4.86. The number of nitrogens with zero attached hydrogens (tertiary/aromatic N) is 1. The molecule has 1 atom stereocenters. The lowest BCUT2D eigenvalue weighted by Gasteiger charge is -2.34. The first kappa shape index (κ1) is 19.9. The van der Waals surface area contributed by atoms with Gasteiger partial charge in [-0.05, 0) is 37.6 Å². The lowest BCUT2D eigenvalue weighted by atomic mass is 10.1. The van der Waals surface area contributed by atoms with Gasteiger partial charge in [-0.25, -0.2) is 4.39 Å². The van der Waals surface area contributed by atoms with E-state index >= 15 is 0 Å². The molecule has 0 N–H and O–H groups in total. The van der Waals surface area contributed by atoms with Crippen LogP contribution in [0.5, 0.6) is 0 Å². The van der Waals surface area contributed by atoms with Gasteiger partial charge in [0.25, 0.3) is 0 Å². The van der Waals surface area contributed by atoms with Crippen molar-refractivity contribution in [2.45, 2.75) is 37.0 Å². The molecule has 0 spiro atoms. The zero-order valence-corrected chi connectivity index (χ0v) is 17.4. The number of rotatable bonds is 5. The van der Waals surface area contributed by atoms with Crippen molar-refractivity contribution in [1.29, 1.82) is 0 Å². The van der Waals surface area contributed by atoms with Crippen LogP contribution in [0.3, 0.4) is 0 Å². The highest BCUT2D eigenvalue weighted by molar-refractivity contribution is 9.10. The number of amides is 1. The van der Waals surface area contributed by atoms with E-state index in [4.69, 9.17) is 4.74 Å². The smallest absolute Gasteiger partial charge is 0.307 e. The third-order valence-electron chi connectivity index (χ3n) is 4.28. The lowest BCUT2D eigenvalue weighted by Crippen LogP contribution is -2.42. The molecule has 1 amide bonds. The fourth-order valence-corrected chi connectivity index (χ4v) is 4.59. The number of thioether (sulfide) groups is 1. The minimum absolute atomic E-state index is 0.00949. The van der Waals surface area contributed by atoms with Gasteiger partial charge in [0.2, 0.25) is 5.91 Å². The summed E-state index contributed by atoms with van der Waals surface area (Å²) in [6.07, 6.45) is -0.00949. The molecule has 3 rings (SSSR count). The number of hydrogen-bond acceptors (Lipinski definition) is 4. The van der Waals surface area contributed by atoms with Crippen molar-refractivity contribution in [1.82, 2.24) is 0 Å². The van der Waals surface area contributed by atoms with Gasteiger partial charge in [-0.15, -0.1) is 11.8 Å². The third kappa shape index (κ3) is 4.35. The van der Waals surface area contributed by atoms with Crippen LogP contribution in [0.4, 0.5) is 10.1 Å². The number of esters is 1. The number of aryl methyl sites for hydroxylation is 1. The van der Waals surface area contributed by atoms with Crippen LogP contribution in [0.25, 0.3) is 0 Å². The van der Waals surface area contributed by atoms with E-state index in [1.165, 1.54) is 17.8 Å². The normalized spacial score (nSPS) is 16.2. The second-order valence-corrected chi connectivity index (χ2v) is 8.33. The number of anilines is 1. The topological polar surface area (TPSA) is 46.6 Å². The van der Waals surface area contributed by atoms with Crippen LogP contribution >= 0.6 is 27.7 Å². The summed E-state index contributed by atoms with van der Waals surface area (Å²) in [4.78, 5) is 27.5. The number of benzene rings is 2. The molecule has 2 aromatic carbocycles. The van der Waals surface area contributed by atoms with E-state index in [1.807, 2.05) is 25.1 Å². The van der Waals surface area contributed by atoms with E-state index in [0.29, 0.717) is 10.0 Å². The summed E-state index contributed by atoms with van der Waals surface area (Å²) in [6, 6.07) is 10.5. The van der Waals surface area contributed by atoms with Crippen LogP contribution in [0.1, 0.15) is 24.5 Å². The molecule has 1 aliphatic rings. The molecule has 0 fully saturated rings. The van der Waals surface area contributed by atoms with E-state index in [1.54, 1.807) is 24.0 Å². The molecule has 0 bridgehead atoms. The van der Waals surface area contributed by atoms with Gasteiger partial charge in [-0.1, -0.05) is 34.1 Å². The molecule has 0 aliphatic carbocycles. The van der Waals surface area contributed by atoms with Crippen LogP contribution < -0.4 is 4.90 Å². The zero-order chi connectivity index (χ0) is 19.6. The molecule has 2 aromatic rings. The van der Waals surface area contributed by atoms with Crippen molar-refractivity contribution >= 4 is 45.3 Å².